The number of carbonyl (C=O) groups is 1. The summed E-state index contributed by atoms with van der Waals surface area (Å²) in [6, 6.07) is 2.83. The second-order valence-corrected chi connectivity index (χ2v) is 3.46. The molecule has 0 aliphatic rings. The van der Waals surface area contributed by atoms with Crippen LogP contribution in [0.2, 0.25) is 0 Å². The first-order valence-electron chi connectivity index (χ1n) is 4.79. The average molecular weight is 229 g/mol. The Morgan fingerprint density at radius 3 is 2.69 bits per heavy atom. The van der Waals surface area contributed by atoms with E-state index >= 15 is 0 Å². The zero-order valence-corrected chi connectivity index (χ0v) is 9.09. The third kappa shape index (κ3) is 3.27. The van der Waals surface area contributed by atoms with E-state index in [-0.39, 0.29) is 11.6 Å². The number of methoxy groups -OCH3 is 1. The highest BCUT2D eigenvalue weighted by Crippen LogP contribution is 2.08. The molecule has 0 spiro atoms. The van der Waals surface area contributed by atoms with Gasteiger partial charge in [0.2, 0.25) is 0 Å². The maximum absolute atomic E-state index is 12.8. The molecule has 3 nitrogen and oxygen atoms in total. The van der Waals surface area contributed by atoms with E-state index in [0.717, 1.165) is 12.1 Å². The van der Waals surface area contributed by atoms with Crippen molar-refractivity contribution in [2.45, 2.75) is 13.0 Å². The van der Waals surface area contributed by atoms with Gasteiger partial charge in [-0.2, -0.15) is 0 Å². The van der Waals surface area contributed by atoms with E-state index in [1.54, 1.807) is 6.92 Å². The molecule has 88 valence electrons. The predicted octanol–water partition coefficient (Wildman–Crippen LogP) is 1.73. The van der Waals surface area contributed by atoms with Crippen molar-refractivity contribution < 1.29 is 18.3 Å². The standard InChI is InChI=1S/C11H13F2NO2/c1-7(6-16-2)14-11(15)8-3-4-9(12)10(13)5-8/h3-5,7H,6H2,1-2H3,(H,14,15)/t7-/m0/s1. The SMILES string of the molecule is COC[C@H](C)NC(=O)c1ccc(F)c(F)c1. The summed E-state index contributed by atoms with van der Waals surface area (Å²) in [4.78, 5) is 11.5. The van der Waals surface area contributed by atoms with Crippen LogP contribution in [-0.2, 0) is 4.74 Å². The first kappa shape index (κ1) is 12.6. The summed E-state index contributed by atoms with van der Waals surface area (Å²) < 4.78 is 30.3. The number of halogens is 2. The van der Waals surface area contributed by atoms with Crippen molar-refractivity contribution in [3.8, 4) is 0 Å². The molecule has 1 aromatic rings. The second kappa shape index (κ2) is 5.55. The zero-order chi connectivity index (χ0) is 12.1. The zero-order valence-electron chi connectivity index (χ0n) is 9.09. The highest BCUT2D eigenvalue weighted by atomic mass is 19.2. The van der Waals surface area contributed by atoms with Crippen LogP contribution in [0, 0.1) is 11.6 Å². The lowest BCUT2D eigenvalue weighted by Crippen LogP contribution is -2.35. The Morgan fingerprint density at radius 2 is 2.12 bits per heavy atom. The molecule has 0 radical (unpaired) electrons. The number of ether oxygens (including phenoxy) is 1. The van der Waals surface area contributed by atoms with Crippen LogP contribution in [0.5, 0.6) is 0 Å². The molecule has 0 fully saturated rings. The summed E-state index contributed by atoms with van der Waals surface area (Å²) in [5.41, 5.74) is 0.0850. The normalized spacial score (nSPS) is 12.2. The van der Waals surface area contributed by atoms with Gasteiger partial charge in [0, 0.05) is 18.7 Å². The summed E-state index contributed by atoms with van der Waals surface area (Å²) in [6.07, 6.45) is 0. The number of amides is 1. The first-order valence-corrected chi connectivity index (χ1v) is 4.79. The van der Waals surface area contributed by atoms with Crippen molar-refractivity contribution in [2.24, 2.45) is 0 Å². The van der Waals surface area contributed by atoms with Gasteiger partial charge in [-0.15, -0.1) is 0 Å². The Balaban J connectivity index is 2.69. The van der Waals surface area contributed by atoms with Gasteiger partial charge in [0.1, 0.15) is 0 Å². The van der Waals surface area contributed by atoms with Gasteiger partial charge in [-0.1, -0.05) is 0 Å². The number of hydrogen-bond donors (Lipinski definition) is 1. The maximum atomic E-state index is 12.8. The summed E-state index contributed by atoms with van der Waals surface area (Å²) in [5, 5.41) is 2.59. The molecule has 0 heterocycles. The number of benzene rings is 1. The quantitative estimate of drug-likeness (QED) is 0.853. The fourth-order valence-electron chi connectivity index (χ4n) is 1.24. The number of hydrogen-bond acceptors (Lipinski definition) is 2. The highest BCUT2D eigenvalue weighted by Gasteiger charge is 2.11. The minimum atomic E-state index is -1.04. The molecule has 1 N–H and O–H groups in total. The van der Waals surface area contributed by atoms with E-state index in [2.05, 4.69) is 5.32 Å². The van der Waals surface area contributed by atoms with Crippen molar-refractivity contribution in [3.63, 3.8) is 0 Å². The van der Waals surface area contributed by atoms with E-state index in [0.29, 0.717) is 6.61 Å². The topological polar surface area (TPSA) is 38.3 Å². The van der Waals surface area contributed by atoms with Crippen LogP contribution in [-0.4, -0.2) is 25.7 Å². The van der Waals surface area contributed by atoms with Crippen molar-refractivity contribution in [3.05, 3.63) is 35.4 Å². The van der Waals surface area contributed by atoms with Gasteiger partial charge in [-0.05, 0) is 25.1 Å². The largest absolute Gasteiger partial charge is 0.383 e. The lowest BCUT2D eigenvalue weighted by Gasteiger charge is -2.12. The molecule has 0 unspecified atom stereocenters. The van der Waals surface area contributed by atoms with E-state index in [4.69, 9.17) is 4.74 Å². The minimum absolute atomic E-state index is 0.0850. The molecule has 0 aliphatic heterocycles. The molecule has 5 heteroatoms. The van der Waals surface area contributed by atoms with Gasteiger partial charge in [-0.3, -0.25) is 4.79 Å². The molecule has 1 aromatic carbocycles. The lowest BCUT2D eigenvalue weighted by atomic mass is 10.2. The van der Waals surface area contributed by atoms with Crippen LogP contribution in [0.3, 0.4) is 0 Å². The molecule has 16 heavy (non-hydrogen) atoms. The Labute approximate surface area is 92.4 Å². The number of rotatable bonds is 4. The summed E-state index contributed by atoms with van der Waals surface area (Å²) >= 11 is 0. The molecule has 0 saturated heterocycles. The maximum Gasteiger partial charge on any atom is 0.251 e. The van der Waals surface area contributed by atoms with E-state index in [1.165, 1.54) is 13.2 Å². The van der Waals surface area contributed by atoms with Gasteiger partial charge < -0.3 is 10.1 Å². The van der Waals surface area contributed by atoms with Crippen molar-refractivity contribution >= 4 is 5.91 Å². The third-order valence-corrected chi connectivity index (χ3v) is 1.98. The van der Waals surface area contributed by atoms with Gasteiger partial charge >= 0.3 is 0 Å². The van der Waals surface area contributed by atoms with Crippen LogP contribution in [0.15, 0.2) is 18.2 Å². The molecule has 0 aromatic heterocycles. The summed E-state index contributed by atoms with van der Waals surface area (Å²) in [5.74, 6) is -2.46. The van der Waals surface area contributed by atoms with Crippen molar-refractivity contribution in [2.75, 3.05) is 13.7 Å². The molecule has 0 bridgehead atoms. The smallest absolute Gasteiger partial charge is 0.251 e. The van der Waals surface area contributed by atoms with Gasteiger partial charge in [-0.25, -0.2) is 8.78 Å². The van der Waals surface area contributed by atoms with Crippen LogP contribution < -0.4 is 5.32 Å². The van der Waals surface area contributed by atoms with E-state index in [9.17, 15) is 13.6 Å². The molecular weight excluding hydrogens is 216 g/mol. The molecular formula is C11H13F2NO2. The fourth-order valence-corrected chi connectivity index (χ4v) is 1.24. The van der Waals surface area contributed by atoms with Crippen molar-refractivity contribution in [1.82, 2.24) is 5.32 Å². The Bertz CT molecular complexity index is 382. The summed E-state index contributed by atoms with van der Waals surface area (Å²) in [7, 11) is 1.51. The highest BCUT2D eigenvalue weighted by molar-refractivity contribution is 5.94. The third-order valence-electron chi connectivity index (χ3n) is 1.98. The first-order chi connectivity index (χ1) is 7.54. The molecule has 0 aliphatic carbocycles. The van der Waals surface area contributed by atoms with Gasteiger partial charge in [0.25, 0.3) is 5.91 Å². The molecule has 1 rings (SSSR count). The monoisotopic (exact) mass is 229 g/mol. The Kier molecular flexibility index (Phi) is 4.37. The Morgan fingerprint density at radius 1 is 1.44 bits per heavy atom. The Hall–Kier alpha value is -1.49. The predicted molar refractivity (Wildman–Crippen MR) is 55.2 cm³/mol. The second-order valence-electron chi connectivity index (χ2n) is 3.46. The van der Waals surface area contributed by atoms with Crippen LogP contribution in [0.25, 0.3) is 0 Å². The van der Waals surface area contributed by atoms with Crippen molar-refractivity contribution in [1.29, 1.82) is 0 Å². The van der Waals surface area contributed by atoms with Crippen LogP contribution >= 0.6 is 0 Å². The van der Waals surface area contributed by atoms with Gasteiger partial charge in [0.05, 0.1) is 6.61 Å². The van der Waals surface area contributed by atoms with Crippen LogP contribution in [0.4, 0.5) is 8.78 Å². The van der Waals surface area contributed by atoms with E-state index < -0.39 is 17.5 Å². The molecule has 1 amide bonds. The number of nitrogens with one attached hydrogen (secondary N) is 1. The fraction of sp³-hybridized carbons (Fsp3) is 0.364. The summed E-state index contributed by atoms with van der Waals surface area (Å²) in [6.45, 7) is 2.11. The number of carbonyl (C=O) groups excluding carboxylic acids is 1. The molecule has 0 saturated carbocycles. The minimum Gasteiger partial charge on any atom is -0.383 e. The van der Waals surface area contributed by atoms with E-state index in [1.807, 2.05) is 0 Å². The molecule has 1 atom stereocenters. The van der Waals surface area contributed by atoms with Crippen LogP contribution in [0.1, 0.15) is 17.3 Å². The van der Waals surface area contributed by atoms with Gasteiger partial charge in [0.15, 0.2) is 11.6 Å². The lowest BCUT2D eigenvalue weighted by molar-refractivity contribution is 0.0905. The average Bonchev–Trinajstić information content (AvgIpc) is 2.22.